The lowest BCUT2D eigenvalue weighted by atomic mass is 9.90. The van der Waals surface area contributed by atoms with Crippen molar-refractivity contribution in [1.82, 2.24) is 5.32 Å². The summed E-state index contributed by atoms with van der Waals surface area (Å²) in [6, 6.07) is 10.9. The number of rotatable bonds is 8. The second-order valence-electron chi connectivity index (χ2n) is 5.29. The number of benzene rings is 1. The van der Waals surface area contributed by atoms with Gasteiger partial charge in [-0.2, -0.15) is 0 Å². The Balaban J connectivity index is 2.49. The molecule has 1 aromatic rings. The molecule has 0 aliphatic heterocycles. The van der Waals surface area contributed by atoms with Gasteiger partial charge in [-0.05, 0) is 36.8 Å². The maximum Gasteiger partial charge on any atom is 0.00202 e. The van der Waals surface area contributed by atoms with Crippen molar-refractivity contribution < 1.29 is 0 Å². The van der Waals surface area contributed by atoms with Crippen molar-refractivity contribution in [1.29, 1.82) is 0 Å². The van der Waals surface area contributed by atoms with Gasteiger partial charge in [0.25, 0.3) is 0 Å². The average Bonchev–Trinajstić information content (AvgIpc) is 2.34. The molecule has 0 aliphatic rings. The minimum absolute atomic E-state index is 0.660. The summed E-state index contributed by atoms with van der Waals surface area (Å²) in [7, 11) is 0. The standard InChI is InChI=1S/C16H27N/c1-4-5-11-17-13-16(12-14(2)3)15-9-7-6-8-10-15/h6-10,14,16-17H,4-5,11-13H2,1-3H3/t16-/m1/s1. The van der Waals surface area contributed by atoms with Crippen LogP contribution < -0.4 is 5.32 Å². The minimum atomic E-state index is 0.660. The molecule has 1 nitrogen and oxygen atoms in total. The Morgan fingerprint density at radius 3 is 2.41 bits per heavy atom. The fourth-order valence-electron chi connectivity index (χ4n) is 2.21. The van der Waals surface area contributed by atoms with E-state index in [0.717, 1.165) is 19.0 Å². The molecular formula is C16H27N. The quantitative estimate of drug-likeness (QED) is 0.663. The molecule has 0 bridgehead atoms. The Bertz CT molecular complexity index is 279. The van der Waals surface area contributed by atoms with Gasteiger partial charge in [0, 0.05) is 6.54 Å². The molecule has 0 aromatic heterocycles. The van der Waals surface area contributed by atoms with Crippen molar-refractivity contribution in [3.05, 3.63) is 35.9 Å². The van der Waals surface area contributed by atoms with E-state index < -0.39 is 0 Å². The summed E-state index contributed by atoms with van der Waals surface area (Å²) in [5, 5.41) is 3.59. The van der Waals surface area contributed by atoms with E-state index in [0.29, 0.717) is 5.92 Å². The van der Waals surface area contributed by atoms with Crippen LogP contribution in [0.5, 0.6) is 0 Å². The first kappa shape index (κ1) is 14.2. The van der Waals surface area contributed by atoms with Crippen LogP contribution in [0, 0.1) is 5.92 Å². The highest BCUT2D eigenvalue weighted by Gasteiger charge is 2.12. The van der Waals surface area contributed by atoms with Crippen LogP contribution in [0.1, 0.15) is 51.5 Å². The van der Waals surface area contributed by atoms with E-state index in [2.05, 4.69) is 56.4 Å². The van der Waals surface area contributed by atoms with Gasteiger partial charge in [0.15, 0.2) is 0 Å². The van der Waals surface area contributed by atoms with Gasteiger partial charge in [0.1, 0.15) is 0 Å². The van der Waals surface area contributed by atoms with Crippen molar-refractivity contribution in [3.8, 4) is 0 Å². The zero-order valence-corrected chi connectivity index (χ0v) is 11.6. The first-order valence-electron chi connectivity index (χ1n) is 6.99. The van der Waals surface area contributed by atoms with E-state index in [-0.39, 0.29) is 0 Å². The van der Waals surface area contributed by atoms with Crippen LogP contribution >= 0.6 is 0 Å². The normalized spacial score (nSPS) is 12.9. The van der Waals surface area contributed by atoms with E-state index in [1.807, 2.05) is 0 Å². The zero-order valence-electron chi connectivity index (χ0n) is 11.6. The SMILES string of the molecule is CCCCNC[C@@H](CC(C)C)c1ccccc1. The molecule has 0 saturated carbocycles. The van der Waals surface area contributed by atoms with Gasteiger partial charge in [0.2, 0.25) is 0 Å². The smallest absolute Gasteiger partial charge is 0.00202 e. The van der Waals surface area contributed by atoms with Crippen molar-refractivity contribution in [3.63, 3.8) is 0 Å². The third-order valence-corrected chi connectivity index (χ3v) is 3.12. The number of hydrogen-bond donors (Lipinski definition) is 1. The van der Waals surface area contributed by atoms with E-state index >= 15 is 0 Å². The lowest BCUT2D eigenvalue weighted by molar-refractivity contribution is 0.468. The maximum absolute atomic E-state index is 3.59. The van der Waals surface area contributed by atoms with Crippen LogP contribution in [0.25, 0.3) is 0 Å². The van der Waals surface area contributed by atoms with E-state index in [9.17, 15) is 0 Å². The Hall–Kier alpha value is -0.820. The number of nitrogens with one attached hydrogen (secondary N) is 1. The molecule has 1 N–H and O–H groups in total. The molecule has 0 amide bonds. The number of unbranched alkanes of at least 4 members (excludes halogenated alkanes) is 1. The predicted molar refractivity (Wildman–Crippen MR) is 76.4 cm³/mol. The van der Waals surface area contributed by atoms with Crippen molar-refractivity contribution in [2.75, 3.05) is 13.1 Å². The molecule has 17 heavy (non-hydrogen) atoms. The Labute approximate surface area is 107 Å². The first-order valence-corrected chi connectivity index (χ1v) is 6.99. The van der Waals surface area contributed by atoms with E-state index in [1.54, 1.807) is 0 Å². The fourth-order valence-corrected chi connectivity index (χ4v) is 2.21. The minimum Gasteiger partial charge on any atom is -0.316 e. The molecular weight excluding hydrogens is 206 g/mol. The molecule has 1 aromatic carbocycles. The molecule has 1 heteroatoms. The molecule has 0 radical (unpaired) electrons. The molecule has 1 rings (SSSR count). The van der Waals surface area contributed by atoms with Crippen LogP contribution in [0.2, 0.25) is 0 Å². The van der Waals surface area contributed by atoms with Gasteiger partial charge < -0.3 is 5.32 Å². The van der Waals surface area contributed by atoms with Gasteiger partial charge in [0.05, 0.1) is 0 Å². The Morgan fingerprint density at radius 1 is 1.12 bits per heavy atom. The second kappa shape index (κ2) is 8.30. The topological polar surface area (TPSA) is 12.0 Å². The number of hydrogen-bond acceptors (Lipinski definition) is 1. The summed E-state index contributed by atoms with van der Waals surface area (Å²) in [5.41, 5.74) is 1.48. The zero-order chi connectivity index (χ0) is 12.5. The largest absolute Gasteiger partial charge is 0.316 e. The van der Waals surface area contributed by atoms with Crippen LogP contribution in [-0.4, -0.2) is 13.1 Å². The van der Waals surface area contributed by atoms with Gasteiger partial charge >= 0.3 is 0 Å². The highest BCUT2D eigenvalue weighted by molar-refractivity contribution is 5.19. The third-order valence-electron chi connectivity index (χ3n) is 3.12. The third kappa shape index (κ3) is 5.88. The first-order chi connectivity index (χ1) is 8.24. The van der Waals surface area contributed by atoms with Crippen molar-refractivity contribution in [2.24, 2.45) is 5.92 Å². The Morgan fingerprint density at radius 2 is 1.82 bits per heavy atom. The summed E-state index contributed by atoms with van der Waals surface area (Å²) < 4.78 is 0. The van der Waals surface area contributed by atoms with Crippen molar-refractivity contribution in [2.45, 2.75) is 46.0 Å². The molecule has 1 atom stereocenters. The molecule has 0 saturated heterocycles. The molecule has 0 aliphatic carbocycles. The van der Waals surface area contributed by atoms with Crippen LogP contribution in [0.4, 0.5) is 0 Å². The molecule has 0 spiro atoms. The van der Waals surface area contributed by atoms with Crippen LogP contribution in [0.3, 0.4) is 0 Å². The van der Waals surface area contributed by atoms with Gasteiger partial charge in [-0.25, -0.2) is 0 Å². The molecule has 0 unspecified atom stereocenters. The molecule has 96 valence electrons. The summed E-state index contributed by atoms with van der Waals surface area (Å²) in [6.45, 7) is 9.12. The average molecular weight is 233 g/mol. The lowest BCUT2D eigenvalue weighted by Crippen LogP contribution is -2.23. The van der Waals surface area contributed by atoms with E-state index in [1.165, 1.54) is 24.8 Å². The summed E-state index contributed by atoms with van der Waals surface area (Å²) >= 11 is 0. The molecule has 0 fully saturated rings. The highest BCUT2D eigenvalue weighted by Crippen LogP contribution is 2.22. The monoisotopic (exact) mass is 233 g/mol. The van der Waals surface area contributed by atoms with Crippen molar-refractivity contribution >= 4 is 0 Å². The maximum atomic E-state index is 3.59. The summed E-state index contributed by atoms with van der Waals surface area (Å²) in [4.78, 5) is 0. The predicted octanol–water partition coefficient (Wildman–Crippen LogP) is 4.21. The van der Waals surface area contributed by atoms with Gasteiger partial charge in [-0.3, -0.25) is 0 Å². The van der Waals surface area contributed by atoms with E-state index in [4.69, 9.17) is 0 Å². The van der Waals surface area contributed by atoms with Crippen LogP contribution in [-0.2, 0) is 0 Å². The van der Waals surface area contributed by atoms with Gasteiger partial charge in [-0.1, -0.05) is 57.5 Å². The van der Waals surface area contributed by atoms with Crippen LogP contribution in [0.15, 0.2) is 30.3 Å². The fraction of sp³-hybridized carbons (Fsp3) is 0.625. The second-order valence-corrected chi connectivity index (χ2v) is 5.29. The summed E-state index contributed by atoms with van der Waals surface area (Å²) in [5.74, 6) is 1.42. The lowest BCUT2D eigenvalue weighted by Gasteiger charge is -2.20. The Kier molecular flexibility index (Phi) is 6.95. The highest BCUT2D eigenvalue weighted by atomic mass is 14.9. The molecule has 0 heterocycles. The van der Waals surface area contributed by atoms with Gasteiger partial charge in [-0.15, -0.1) is 0 Å². The summed E-state index contributed by atoms with van der Waals surface area (Å²) in [6.07, 6.45) is 3.82.